The molecular formula is C20H20N6O3. The van der Waals surface area contributed by atoms with E-state index in [1.807, 2.05) is 12.1 Å². The first-order chi connectivity index (χ1) is 13.9. The van der Waals surface area contributed by atoms with Gasteiger partial charge in [0.15, 0.2) is 5.82 Å². The van der Waals surface area contributed by atoms with Crippen LogP contribution in [0.4, 0.5) is 17.1 Å². The monoisotopic (exact) mass is 392 g/mol. The van der Waals surface area contributed by atoms with E-state index in [0.29, 0.717) is 23.1 Å². The Kier molecular flexibility index (Phi) is 4.71. The van der Waals surface area contributed by atoms with Crippen LogP contribution in [0.15, 0.2) is 42.5 Å². The fourth-order valence-electron chi connectivity index (χ4n) is 3.05. The number of aromatic amines is 1. The lowest BCUT2D eigenvalue weighted by molar-refractivity contribution is -0.384. The predicted octanol–water partition coefficient (Wildman–Crippen LogP) is 3.58. The number of nitro groups is 1. The largest absolute Gasteiger partial charge is 0.377 e. The van der Waals surface area contributed by atoms with E-state index < -0.39 is 10.8 Å². The van der Waals surface area contributed by atoms with Crippen LogP contribution in [0.1, 0.15) is 34.9 Å². The van der Waals surface area contributed by atoms with E-state index in [-0.39, 0.29) is 11.3 Å². The van der Waals surface area contributed by atoms with E-state index in [1.54, 1.807) is 37.2 Å². The number of amides is 1. The normalized spacial score (nSPS) is 13.2. The molecule has 9 heteroatoms. The Bertz CT molecular complexity index is 1070. The molecule has 1 fully saturated rings. The summed E-state index contributed by atoms with van der Waals surface area (Å²) in [5.41, 5.74) is 2.12. The lowest BCUT2D eigenvalue weighted by Crippen LogP contribution is -2.18. The molecule has 0 radical (unpaired) electrons. The number of hydrogen-bond donors (Lipinski definition) is 2. The second-order valence-corrected chi connectivity index (χ2v) is 7.20. The van der Waals surface area contributed by atoms with E-state index in [4.69, 9.17) is 0 Å². The molecule has 9 nitrogen and oxygen atoms in total. The number of H-pyrrole nitrogens is 1. The van der Waals surface area contributed by atoms with Crippen molar-refractivity contribution in [3.8, 4) is 11.4 Å². The molecule has 4 rings (SSSR count). The molecule has 1 heterocycles. The molecule has 1 aromatic heterocycles. The fraction of sp³-hybridized carbons (Fsp3) is 0.250. The number of benzene rings is 2. The minimum atomic E-state index is -0.516. The zero-order valence-electron chi connectivity index (χ0n) is 16.0. The standard InChI is InChI=1S/C20H20N6O3/c1-25(2)17-10-9-15(26(28)29)11-16(17)20(27)21-14-7-5-13(6-8-14)19-22-18(23-24-19)12-3-4-12/h5-12H,3-4H2,1-2H3,(H,21,27)(H,22,23,24). The Morgan fingerprint density at radius 1 is 1.21 bits per heavy atom. The summed E-state index contributed by atoms with van der Waals surface area (Å²) in [5, 5.41) is 21.1. The predicted molar refractivity (Wildman–Crippen MR) is 109 cm³/mol. The Labute approximate surface area is 166 Å². The van der Waals surface area contributed by atoms with E-state index in [0.717, 1.165) is 24.2 Å². The van der Waals surface area contributed by atoms with Gasteiger partial charge in [-0.3, -0.25) is 20.0 Å². The third kappa shape index (κ3) is 3.93. The van der Waals surface area contributed by atoms with Crippen LogP contribution < -0.4 is 10.2 Å². The molecule has 3 aromatic rings. The molecule has 0 aliphatic heterocycles. The molecule has 148 valence electrons. The first-order valence-corrected chi connectivity index (χ1v) is 9.22. The fourth-order valence-corrected chi connectivity index (χ4v) is 3.05. The summed E-state index contributed by atoms with van der Waals surface area (Å²) >= 11 is 0. The summed E-state index contributed by atoms with van der Waals surface area (Å²) < 4.78 is 0. The van der Waals surface area contributed by atoms with Crippen LogP contribution in [-0.2, 0) is 0 Å². The summed E-state index contributed by atoms with van der Waals surface area (Å²) in [6, 6.07) is 11.4. The van der Waals surface area contributed by atoms with Crippen LogP contribution in [0.5, 0.6) is 0 Å². The average Bonchev–Trinajstić information content (AvgIpc) is 3.45. The maximum atomic E-state index is 12.8. The number of aromatic nitrogens is 3. The number of nitrogens with zero attached hydrogens (tertiary/aromatic N) is 4. The highest BCUT2D eigenvalue weighted by Crippen LogP contribution is 2.38. The highest BCUT2D eigenvalue weighted by Gasteiger charge is 2.27. The van der Waals surface area contributed by atoms with Crippen molar-refractivity contribution in [1.82, 2.24) is 15.2 Å². The zero-order valence-corrected chi connectivity index (χ0v) is 16.0. The molecule has 0 atom stereocenters. The van der Waals surface area contributed by atoms with Crippen molar-refractivity contribution in [1.29, 1.82) is 0 Å². The number of non-ortho nitro benzene ring substituents is 1. The Hall–Kier alpha value is -3.75. The molecule has 29 heavy (non-hydrogen) atoms. The van der Waals surface area contributed by atoms with Crippen molar-refractivity contribution in [3.05, 3.63) is 64.0 Å². The Morgan fingerprint density at radius 3 is 2.55 bits per heavy atom. The molecule has 2 aromatic carbocycles. The molecule has 1 saturated carbocycles. The maximum Gasteiger partial charge on any atom is 0.270 e. The zero-order chi connectivity index (χ0) is 20.5. The van der Waals surface area contributed by atoms with Gasteiger partial charge in [0.1, 0.15) is 5.82 Å². The molecule has 0 spiro atoms. The quantitative estimate of drug-likeness (QED) is 0.489. The Morgan fingerprint density at radius 2 is 1.93 bits per heavy atom. The van der Waals surface area contributed by atoms with E-state index >= 15 is 0 Å². The van der Waals surface area contributed by atoms with E-state index in [1.165, 1.54) is 12.1 Å². The molecule has 2 N–H and O–H groups in total. The minimum Gasteiger partial charge on any atom is -0.377 e. The van der Waals surface area contributed by atoms with Crippen molar-refractivity contribution in [2.45, 2.75) is 18.8 Å². The maximum absolute atomic E-state index is 12.8. The molecule has 0 unspecified atom stereocenters. The topological polar surface area (TPSA) is 117 Å². The molecular weight excluding hydrogens is 372 g/mol. The molecule has 1 amide bonds. The second kappa shape index (κ2) is 7.34. The average molecular weight is 392 g/mol. The summed E-state index contributed by atoms with van der Waals surface area (Å²) in [4.78, 5) is 29.6. The highest BCUT2D eigenvalue weighted by atomic mass is 16.6. The van der Waals surface area contributed by atoms with Gasteiger partial charge in [-0.25, -0.2) is 4.98 Å². The Balaban J connectivity index is 1.53. The summed E-state index contributed by atoms with van der Waals surface area (Å²) in [6.45, 7) is 0. The van der Waals surface area contributed by atoms with Gasteiger partial charge in [0.2, 0.25) is 0 Å². The summed E-state index contributed by atoms with van der Waals surface area (Å²) in [5.74, 6) is 1.62. The van der Waals surface area contributed by atoms with Crippen LogP contribution in [0.2, 0.25) is 0 Å². The highest BCUT2D eigenvalue weighted by molar-refractivity contribution is 6.08. The first-order valence-electron chi connectivity index (χ1n) is 9.22. The van der Waals surface area contributed by atoms with E-state index in [2.05, 4.69) is 20.5 Å². The van der Waals surface area contributed by atoms with Gasteiger partial charge in [0, 0.05) is 49.1 Å². The van der Waals surface area contributed by atoms with Crippen LogP contribution in [0.25, 0.3) is 11.4 Å². The number of hydrogen-bond acceptors (Lipinski definition) is 6. The van der Waals surface area contributed by atoms with Crippen LogP contribution in [0, 0.1) is 10.1 Å². The second-order valence-electron chi connectivity index (χ2n) is 7.20. The van der Waals surface area contributed by atoms with Gasteiger partial charge >= 0.3 is 0 Å². The SMILES string of the molecule is CN(C)c1ccc([N+](=O)[O-])cc1C(=O)Nc1ccc(-c2n[nH]c(C3CC3)n2)cc1. The number of anilines is 2. The smallest absolute Gasteiger partial charge is 0.270 e. The van der Waals surface area contributed by atoms with Gasteiger partial charge in [-0.05, 0) is 43.2 Å². The summed E-state index contributed by atoms with van der Waals surface area (Å²) in [6.07, 6.45) is 2.29. The number of carbonyl (C=O) groups is 1. The summed E-state index contributed by atoms with van der Waals surface area (Å²) in [7, 11) is 3.55. The van der Waals surface area contributed by atoms with Gasteiger partial charge in [-0.15, -0.1) is 0 Å². The van der Waals surface area contributed by atoms with Crippen molar-refractivity contribution >= 4 is 23.0 Å². The van der Waals surface area contributed by atoms with Crippen molar-refractivity contribution < 1.29 is 9.72 Å². The van der Waals surface area contributed by atoms with Crippen molar-refractivity contribution in [3.63, 3.8) is 0 Å². The molecule has 0 saturated heterocycles. The lowest BCUT2D eigenvalue weighted by Gasteiger charge is -2.17. The lowest BCUT2D eigenvalue weighted by atomic mass is 10.1. The van der Waals surface area contributed by atoms with Gasteiger partial charge in [-0.1, -0.05) is 0 Å². The van der Waals surface area contributed by atoms with Gasteiger partial charge in [-0.2, -0.15) is 5.10 Å². The molecule has 1 aliphatic rings. The molecule has 0 bridgehead atoms. The van der Waals surface area contributed by atoms with E-state index in [9.17, 15) is 14.9 Å². The van der Waals surface area contributed by atoms with Gasteiger partial charge < -0.3 is 10.2 Å². The molecule has 1 aliphatic carbocycles. The van der Waals surface area contributed by atoms with Crippen molar-refractivity contribution in [2.75, 3.05) is 24.3 Å². The third-order valence-corrected chi connectivity index (χ3v) is 4.79. The minimum absolute atomic E-state index is 0.132. The third-order valence-electron chi connectivity index (χ3n) is 4.79. The van der Waals surface area contributed by atoms with Crippen molar-refractivity contribution in [2.24, 2.45) is 0 Å². The number of carbonyl (C=O) groups excluding carboxylic acids is 1. The van der Waals surface area contributed by atoms with Gasteiger partial charge in [0.25, 0.3) is 11.6 Å². The van der Waals surface area contributed by atoms with Crippen LogP contribution >= 0.6 is 0 Å². The number of rotatable bonds is 6. The van der Waals surface area contributed by atoms with Crippen LogP contribution in [-0.4, -0.2) is 40.1 Å². The number of nitrogens with one attached hydrogen (secondary N) is 2. The van der Waals surface area contributed by atoms with Gasteiger partial charge in [0.05, 0.1) is 10.5 Å². The number of nitro benzene ring substituents is 1. The first kappa shape index (κ1) is 18.6. The van der Waals surface area contributed by atoms with Crippen LogP contribution in [0.3, 0.4) is 0 Å².